The van der Waals surface area contributed by atoms with Crippen LogP contribution in [0.5, 0.6) is 5.75 Å². The number of esters is 1. The number of halogens is 2. The Bertz CT molecular complexity index is 485. The first kappa shape index (κ1) is 11.6. The molecule has 0 saturated heterocycles. The normalized spacial score (nSPS) is 13.6. The topological polar surface area (TPSA) is 47.9 Å². The summed E-state index contributed by atoms with van der Waals surface area (Å²) in [5.41, 5.74) is 1.14. The van der Waals surface area contributed by atoms with Gasteiger partial charge in [-0.25, -0.2) is 4.79 Å². The van der Waals surface area contributed by atoms with E-state index in [0.29, 0.717) is 12.2 Å². The van der Waals surface area contributed by atoms with Crippen molar-refractivity contribution in [3.8, 4) is 5.75 Å². The molecule has 1 aliphatic rings. The number of fused-ring (bicyclic) bond motifs is 1. The fourth-order valence-electron chi connectivity index (χ4n) is 1.37. The Balaban J connectivity index is 2.40. The van der Waals surface area contributed by atoms with Gasteiger partial charge < -0.3 is 9.57 Å². The summed E-state index contributed by atoms with van der Waals surface area (Å²) in [7, 11) is 1.32. The standard InChI is InChI=1S/C10H7Br2NO3/c1-15-10(14)8-4-5-6(11)2-3-7(12)9(5)16-13-8/h2-3H,4H2,1H3. The number of oxime groups is 1. The summed E-state index contributed by atoms with van der Waals surface area (Å²) in [6, 6.07) is 3.73. The summed E-state index contributed by atoms with van der Waals surface area (Å²) in [6.07, 6.45) is 0.391. The zero-order valence-corrected chi connectivity index (χ0v) is 11.5. The maximum absolute atomic E-state index is 11.3. The summed E-state index contributed by atoms with van der Waals surface area (Å²) in [5, 5.41) is 3.73. The molecule has 1 heterocycles. The zero-order chi connectivity index (χ0) is 11.7. The Morgan fingerprint density at radius 1 is 1.44 bits per heavy atom. The van der Waals surface area contributed by atoms with Gasteiger partial charge >= 0.3 is 5.97 Å². The molecular formula is C10H7Br2NO3. The minimum Gasteiger partial charge on any atom is -0.464 e. The van der Waals surface area contributed by atoms with E-state index in [1.54, 1.807) is 0 Å². The number of benzene rings is 1. The third kappa shape index (κ3) is 1.99. The fraction of sp³-hybridized carbons (Fsp3) is 0.200. The predicted molar refractivity (Wildman–Crippen MR) is 65.6 cm³/mol. The van der Waals surface area contributed by atoms with Gasteiger partial charge in [0.1, 0.15) is 0 Å². The number of nitrogens with zero attached hydrogens (tertiary/aromatic N) is 1. The lowest BCUT2D eigenvalue weighted by Crippen LogP contribution is -2.23. The average Bonchev–Trinajstić information content (AvgIpc) is 2.32. The number of carbonyl (C=O) groups is 1. The highest BCUT2D eigenvalue weighted by Crippen LogP contribution is 2.37. The summed E-state index contributed by atoms with van der Waals surface area (Å²) >= 11 is 6.77. The number of carbonyl (C=O) groups excluding carboxylic acids is 1. The lowest BCUT2D eigenvalue weighted by Gasteiger charge is -2.16. The van der Waals surface area contributed by atoms with Crippen molar-refractivity contribution in [2.24, 2.45) is 5.16 Å². The second-order valence-corrected chi connectivity index (χ2v) is 4.84. The molecule has 0 unspecified atom stereocenters. The summed E-state index contributed by atoms with van der Waals surface area (Å²) in [5.74, 6) is 0.152. The maximum atomic E-state index is 11.3. The molecule has 0 N–H and O–H groups in total. The Kier molecular flexibility index (Phi) is 3.30. The molecule has 1 aromatic carbocycles. The summed E-state index contributed by atoms with van der Waals surface area (Å²) < 4.78 is 6.28. The number of rotatable bonds is 1. The Labute approximate surface area is 109 Å². The van der Waals surface area contributed by atoms with Crippen molar-refractivity contribution in [2.45, 2.75) is 6.42 Å². The van der Waals surface area contributed by atoms with E-state index in [1.165, 1.54) is 7.11 Å². The van der Waals surface area contributed by atoms with E-state index >= 15 is 0 Å². The van der Waals surface area contributed by atoms with Crippen LogP contribution < -0.4 is 4.84 Å². The molecule has 0 saturated carbocycles. The first-order valence-electron chi connectivity index (χ1n) is 4.42. The second kappa shape index (κ2) is 4.55. The molecular weight excluding hydrogens is 342 g/mol. The molecule has 2 rings (SSSR count). The molecule has 0 fully saturated rings. The van der Waals surface area contributed by atoms with E-state index in [1.807, 2.05) is 12.1 Å². The van der Waals surface area contributed by atoms with Gasteiger partial charge in [0.2, 0.25) is 0 Å². The highest BCUT2D eigenvalue weighted by Gasteiger charge is 2.24. The van der Waals surface area contributed by atoms with Gasteiger partial charge in [-0.2, -0.15) is 0 Å². The minimum absolute atomic E-state index is 0.258. The maximum Gasteiger partial charge on any atom is 0.356 e. The van der Waals surface area contributed by atoms with Crippen LogP contribution in [0.4, 0.5) is 0 Å². The van der Waals surface area contributed by atoms with Crippen molar-refractivity contribution >= 4 is 43.5 Å². The van der Waals surface area contributed by atoms with Crippen LogP contribution in [0.1, 0.15) is 5.56 Å². The van der Waals surface area contributed by atoms with Crippen molar-refractivity contribution in [1.29, 1.82) is 0 Å². The van der Waals surface area contributed by atoms with Crippen LogP contribution in [0, 0.1) is 0 Å². The van der Waals surface area contributed by atoms with Gasteiger partial charge in [-0.3, -0.25) is 0 Å². The van der Waals surface area contributed by atoms with Crippen LogP contribution in [0.2, 0.25) is 0 Å². The van der Waals surface area contributed by atoms with Crippen LogP contribution >= 0.6 is 31.9 Å². The molecule has 1 aliphatic heterocycles. The Hall–Kier alpha value is -0.880. The molecule has 4 nitrogen and oxygen atoms in total. The predicted octanol–water partition coefficient (Wildman–Crippen LogP) is 2.68. The van der Waals surface area contributed by atoms with E-state index in [2.05, 4.69) is 41.8 Å². The third-order valence-corrected chi connectivity index (χ3v) is 3.54. The number of hydrogen-bond donors (Lipinski definition) is 0. The molecule has 0 aliphatic carbocycles. The smallest absolute Gasteiger partial charge is 0.356 e. The van der Waals surface area contributed by atoms with Crippen LogP contribution in [0.25, 0.3) is 0 Å². The SMILES string of the molecule is COC(=O)C1=NOc2c(Br)ccc(Br)c2C1. The highest BCUT2D eigenvalue weighted by atomic mass is 79.9. The van der Waals surface area contributed by atoms with Crippen molar-refractivity contribution in [1.82, 2.24) is 0 Å². The molecule has 84 valence electrons. The molecule has 1 aromatic rings. The summed E-state index contributed by atoms with van der Waals surface area (Å²) in [6.45, 7) is 0. The van der Waals surface area contributed by atoms with Gasteiger partial charge in [0.15, 0.2) is 11.5 Å². The van der Waals surface area contributed by atoms with Crippen LogP contribution in [0.15, 0.2) is 26.2 Å². The molecule has 0 spiro atoms. The largest absolute Gasteiger partial charge is 0.464 e. The van der Waals surface area contributed by atoms with Gasteiger partial charge in [0.25, 0.3) is 0 Å². The van der Waals surface area contributed by atoms with Crippen molar-refractivity contribution in [3.63, 3.8) is 0 Å². The van der Waals surface area contributed by atoms with Gasteiger partial charge in [0, 0.05) is 16.5 Å². The first-order valence-corrected chi connectivity index (χ1v) is 6.01. The third-order valence-electron chi connectivity index (χ3n) is 2.17. The second-order valence-electron chi connectivity index (χ2n) is 3.13. The van der Waals surface area contributed by atoms with Crippen molar-refractivity contribution < 1.29 is 14.4 Å². The van der Waals surface area contributed by atoms with Crippen molar-refractivity contribution in [3.05, 3.63) is 26.6 Å². The summed E-state index contributed by atoms with van der Waals surface area (Å²) in [4.78, 5) is 16.5. The first-order chi connectivity index (χ1) is 7.63. The lowest BCUT2D eigenvalue weighted by atomic mass is 10.1. The van der Waals surface area contributed by atoms with E-state index in [4.69, 9.17) is 4.84 Å². The van der Waals surface area contributed by atoms with Crippen molar-refractivity contribution in [2.75, 3.05) is 7.11 Å². The molecule has 0 atom stereocenters. The van der Waals surface area contributed by atoms with E-state index in [-0.39, 0.29) is 5.71 Å². The van der Waals surface area contributed by atoms with Crippen LogP contribution in [0.3, 0.4) is 0 Å². The monoisotopic (exact) mass is 347 g/mol. The van der Waals surface area contributed by atoms with Gasteiger partial charge in [-0.05, 0) is 28.1 Å². The molecule has 6 heteroatoms. The molecule has 0 aromatic heterocycles. The number of ether oxygens (including phenoxy) is 1. The minimum atomic E-state index is -0.475. The van der Waals surface area contributed by atoms with E-state index < -0.39 is 5.97 Å². The van der Waals surface area contributed by atoms with Crippen LogP contribution in [-0.4, -0.2) is 18.8 Å². The Morgan fingerprint density at radius 2 is 2.12 bits per heavy atom. The fourth-order valence-corrected chi connectivity index (χ4v) is 2.26. The molecule has 0 bridgehead atoms. The molecule has 16 heavy (non-hydrogen) atoms. The zero-order valence-electron chi connectivity index (χ0n) is 8.29. The van der Waals surface area contributed by atoms with Gasteiger partial charge in [-0.1, -0.05) is 21.1 Å². The molecule has 0 amide bonds. The average molecular weight is 349 g/mol. The number of methoxy groups -OCH3 is 1. The van der Waals surface area contributed by atoms with Crippen LogP contribution in [-0.2, 0) is 16.0 Å². The van der Waals surface area contributed by atoms with E-state index in [9.17, 15) is 4.79 Å². The molecule has 0 radical (unpaired) electrons. The highest BCUT2D eigenvalue weighted by molar-refractivity contribution is 9.11. The van der Waals surface area contributed by atoms with Gasteiger partial charge in [0.05, 0.1) is 11.6 Å². The van der Waals surface area contributed by atoms with E-state index in [0.717, 1.165) is 14.5 Å². The quantitative estimate of drug-likeness (QED) is 0.733. The Morgan fingerprint density at radius 3 is 2.81 bits per heavy atom. The number of hydrogen-bond acceptors (Lipinski definition) is 4. The van der Waals surface area contributed by atoms with Gasteiger partial charge in [-0.15, -0.1) is 0 Å². The lowest BCUT2D eigenvalue weighted by molar-refractivity contribution is -0.133.